The molecule has 0 spiro atoms. The van der Waals surface area contributed by atoms with Crippen LogP contribution in [-0.2, 0) is 4.79 Å². The van der Waals surface area contributed by atoms with Crippen LogP contribution in [0.1, 0.15) is 32.4 Å². The highest BCUT2D eigenvalue weighted by Gasteiger charge is 2.11. The van der Waals surface area contributed by atoms with Crippen LogP contribution in [0.4, 0.5) is 8.78 Å². The first kappa shape index (κ1) is 16.4. The molecule has 0 aliphatic rings. The third-order valence-electron chi connectivity index (χ3n) is 2.63. The molecule has 1 aromatic rings. The van der Waals surface area contributed by atoms with E-state index in [0.29, 0.717) is 5.56 Å². The van der Waals surface area contributed by atoms with Crippen molar-refractivity contribution in [3.8, 4) is 5.75 Å². The summed E-state index contributed by atoms with van der Waals surface area (Å²) in [6.45, 7) is 3.04. The van der Waals surface area contributed by atoms with Gasteiger partial charge < -0.3 is 15.4 Å². The van der Waals surface area contributed by atoms with E-state index in [1.165, 1.54) is 12.1 Å². The Morgan fingerprint density at radius 3 is 2.60 bits per heavy atom. The lowest BCUT2D eigenvalue weighted by atomic mass is 10.1. The summed E-state index contributed by atoms with van der Waals surface area (Å²) in [5.41, 5.74) is 0.709. The van der Waals surface area contributed by atoms with Crippen molar-refractivity contribution in [2.24, 2.45) is 0 Å². The largest absolute Gasteiger partial charge is 0.435 e. The van der Waals surface area contributed by atoms with Gasteiger partial charge in [0, 0.05) is 6.04 Å². The number of hydrogen-bond donors (Lipinski definition) is 2. The van der Waals surface area contributed by atoms with Gasteiger partial charge in [-0.1, -0.05) is 26.0 Å². The van der Waals surface area contributed by atoms with Gasteiger partial charge in [-0.05, 0) is 24.6 Å². The Labute approximate surface area is 117 Å². The van der Waals surface area contributed by atoms with Gasteiger partial charge in [0.25, 0.3) is 0 Å². The maximum atomic E-state index is 12.1. The van der Waals surface area contributed by atoms with Crippen molar-refractivity contribution < 1.29 is 18.3 Å². The van der Waals surface area contributed by atoms with Crippen LogP contribution < -0.4 is 15.4 Å². The first-order valence-electron chi connectivity index (χ1n) is 6.46. The molecule has 0 radical (unpaired) electrons. The van der Waals surface area contributed by atoms with Crippen LogP contribution in [-0.4, -0.2) is 25.1 Å². The van der Waals surface area contributed by atoms with E-state index in [4.69, 9.17) is 0 Å². The van der Waals surface area contributed by atoms with E-state index in [1.807, 2.05) is 13.8 Å². The van der Waals surface area contributed by atoms with E-state index >= 15 is 0 Å². The van der Waals surface area contributed by atoms with E-state index in [9.17, 15) is 13.6 Å². The highest BCUT2D eigenvalue weighted by Crippen LogP contribution is 2.20. The standard InChI is InChI=1S/C14H20F2N2O2/c1-9(2)17-8-13(19)18-10(3)11-5-4-6-12(7-11)20-14(15)16/h4-7,9-10,14,17H,8H2,1-3H3,(H,18,19). The average Bonchev–Trinajstić information content (AvgIpc) is 2.36. The van der Waals surface area contributed by atoms with E-state index in [-0.39, 0.29) is 30.3 Å². The second-order valence-corrected chi connectivity index (χ2v) is 4.78. The smallest absolute Gasteiger partial charge is 0.387 e. The Balaban J connectivity index is 2.58. The molecule has 1 amide bonds. The maximum absolute atomic E-state index is 12.1. The number of halogens is 2. The van der Waals surface area contributed by atoms with Gasteiger partial charge in [0.1, 0.15) is 5.75 Å². The predicted molar refractivity (Wildman–Crippen MR) is 72.8 cm³/mol. The molecule has 6 heteroatoms. The number of ether oxygens (including phenoxy) is 1. The van der Waals surface area contributed by atoms with Crippen LogP contribution in [0.25, 0.3) is 0 Å². The summed E-state index contributed by atoms with van der Waals surface area (Å²) in [5.74, 6) is -0.0646. The fourth-order valence-electron chi connectivity index (χ4n) is 1.63. The van der Waals surface area contributed by atoms with Crippen LogP contribution >= 0.6 is 0 Å². The van der Waals surface area contributed by atoms with Gasteiger partial charge in [0.05, 0.1) is 12.6 Å². The second kappa shape index (κ2) is 7.79. The Bertz CT molecular complexity index is 439. The molecule has 0 aliphatic heterocycles. The monoisotopic (exact) mass is 286 g/mol. The van der Waals surface area contributed by atoms with Crippen molar-refractivity contribution in [1.29, 1.82) is 0 Å². The summed E-state index contributed by atoms with van der Waals surface area (Å²) in [4.78, 5) is 11.7. The Morgan fingerprint density at radius 1 is 1.30 bits per heavy atom. The van der Waals surface area contributed by atoms with Gasteiger partial charge in [-0.25, -0.2) is 0 Å². The van der Waals surface area contributed by atoms with Gasteiger partial charge >= 0.3 is 6.61 Å². The Hall–Kier alpha value is -1.69. The molecule has 1 unspecified atom stereocenters. The van der Waals surface area contributed by atoms with Crippen molar-refractivity contribution >= 4 is 5.91 Å². The molecule has 1 aromatic carbocycles. The SMILES string of the molecule is CC(C)NCC(=O)NC(C)c1cccc(OC(F)F)c1. The van der Waals surface area contributed by atoms with Crippen LogP contribution in [0.5, 0.6) is 5.75 Å². The quantitative estimate of drug-likeness (QED) is 0.809. The zero-order valence-electron chi connectivity index (χ0n) is 11.8. The van der Waals surface area contributed by atoms with E-state index in [2.05, 4.69) is 15.4 Å². The van der Waals surface area contributed by atoms with Crippen LogP contribution in [0.3, 0.4) is 0 Å². The first-order valence-corrected chi connectivity index (χ1v) is 6.46. The van der Waals surface area contributed by atoms with Crippen molar-refractivity contribution in [1.82, 2.24) is 10.6 Å². The lowest BCUT2D eigenvalue weighted by molar-refractivity contribution is -0.121. The maximum Gasteiger partial charge on any atom is 0.387 e. The first-order chi connectivity index (χ1) is 9.38. The van der Waals surface area contributed by atoms with Gasteiger partial charge in [-0.2, -0.15) is 8.78 Å². The fourth-order valence-corrected chi connectivity index (χ4v) is 1.63. The minimum atomic E-state index is -2.86. The molecule has 0 bridgehead atoms. The number of amides is 1. The van der Waals surface area contributed by atoms with E-state index in [0.717, 1.165) is 0 Å². The van der Waals surface area contributed by atoms with Gasteiger partial charge in [0.15, 0.2) is 0 Å². The molecule has 1 atom stereocenters. The third-order valence-corrected chi connectivity index (χ3v) is 2.63. The number of carbonyl (C=O) groups is 1. The van der Waals surface area contributed by atoms with Crippen LogP contribution in [0, 0.1) is 0 Å². The molecule has 4 nitrogen and oxygen atoms in total. The Morgan fingerprint density at radius 2 is 2.00 bits per heavy atom. The van der Waals surface area contributed by atoms with Crippen molar-refractivity contribution in [2.75, 3.05) is 6.54 Å². The minimum Gasteiger partial charge on any atom is -0.435 e. The van der Waals surface area contributed by atoms with E-state index in [1.54, 1.807) is 19.1 Å². The number of rotatable bonds is 7. The summed E-state index contributed by atoms with van der Waals surface area (Å²) < 4.78 is 28.6. The second-order valence-electron chi connectivity index (χ2n) is 4.78. The topological polar surface area (TPSA) is 50.4 Å². The zero-order valence-corrected chi connectivity index (χ0v) is 11.8. The third kappa shape index (κ3) is 5.97. The summed E-state index contributed by atoms with van der Waals surface area (Å²) in [6.07, 6.45) is 0. The molecule has 0 saturated heterocycles. The summed E-state index contributed by atoms with van der Waals surface area (Å²) in [7, 11) is 0. The molecule has 0 fully saturated rings. The number of nitrogens with one attached hydrogen (secondary N) is 2. The molecule has 0 saturated carbocycles. The lowest BCUT2D eigenvalue weighted by Gasteiger charge is -2.16. The summed E-state index contributed by atoms with van der Waals surface area (Å²) in [5, 5.41) is 5.79. The van der Waals surface area contributed by atoms with Crippen molar-refractivity contribution in [3.05, 3.63) is 29.8 Å². The Kier molecular flexibility index (Phi) is 6.38. The van der Waals surface area contributed by atoms with Gasteiger partial charge in [-0.15, -0.1) is 0 Å². The molecule has 2 N–H and O–H groups in total. The predicted octanol–water partition coefficient (Wildman–Crippen LogP) is 2.46. The average molecular weight is 286 g/mol. The molecule has 1 rings (SSSR count). The summed E-state index contributed by atoms with van der Waals surface area (Å²) in [6, 6.07) is 6.25. The molecule has 20 heavy (non-hydrogen) atoms. The molecule has 0 aliphatic carbocycles. The van der Waals surface area contributed by atoms with Crippen LogP contribution in [0.2, 0.25) is 0 Å². The molecule has 0 aromatic heterocycles. The normalized spacial score (nSPS) is 12.6. The number of hydrogen-bond acceptors (Lipinski definition) is 3. The van der Waals surface area contributed by atoms with E-state index < -0.39 is 6.61 Å². The highest BCUT2D eigenvalue weighted by molar-refractivity contribution is 5.78. The molecular weight excluding hydrogens is 266 g/mol. The lowest BCUT2D eigenvalue weighted by Crippen LogP contribution is -2.37. The van der Waals surface area contributed by atoms with Crippen LogP contribution in [0.15, 0.2) is 24.3 Å². The number of benzene rings is 1. The number of alkyl halides is 2. The van der Waals surface area contributed by atoms with Gasteiger partial charge in [-0.3, -0.25) is 4.79 Å². The molecule has 112 valence electrons. The van der Waals surface area contributed by atoms with Crippen molar-refractivity contribution in [2.45, 2.75) is 39.5 Å². The number of carbonyl (C=O) groups excluding carboxylic acids is 1. The molecule has 0 heterocycles. The zero-order chi connectivity index (χ0) is 15.1. The molecular formula is C14H20F2N2O2. The van der Waals surface area contributed by atoms with Crippen molar-refractivity contribution in [3.63, 3.8) is 0 Å². The minimum absolute atomic E-state index is 0.0823. The summed E-state index contributed by atoms with van der Waals surface area (Å²) >= 11 is 0. The fraction of sp³-hybridized carbons (Fsp3) is 0.500. The van der Waals surface area contributed by atoms with Gasteiger partial charge in [0.2, 0.25) is 5.91 Å². The highest BCUT2D eigenvalue weighted by atomic mass is 19.3.